The molecule has 0 saturated carbocycles. The Labute approximate surface area is 114 Å². The summed E-state index contributed by atoms with van der Waals surface area (Å²) < 4.78 is 6.08. The minimum absolute atomic E-state index is 0.00715. The molecule has 1 heterocycles. The van der Waals surface area contributed by atoms with E-state index in [1.54, 1.807) is 18.2 Å². The largest absolute Gasteiger partial charge is 0.381 e. The van der Waals surface area contributed by atoms with Gasteiger partial charge in [-0.1, -0.05) is 11.6 Å². The molecule has 1 amide bonds. The highest BCUT2D eigenvalue weighted by atomic mass is 79.9. The second-order valence-electron chi connectivity index (χ2n) is 4.03. The van der Waals surface area contributed by atoms with E-state index in [0.29, 0.717) is 11.6 Å². The molecule has 5 heteroatoms. The molecule has 0 aliphatic carbocycles. The number of hydrogen-bond acceptors (Lipinski definition) is 2. The summed E-state index contributed by atoms with van der Waals surface area (Å²) >= 11 is 9.21. The van der Waals surface area contributed by atoms with E-state index < -0.39 is 0 Å². The van der Waals surface area contributed by atoms with Crippen LogP contribution in [0.25, 0.3) is 0 Å². The highest BCUT2D eigenvalue weighted by molar-refractivity contribution is 9.10. The SMILES string of the molecule is O=C(Nc1ccc(Cl)cc1Br)C1CCCOC1. The first kappa shape index (κ1) is 12.9. The summed E-state index contributed by atoms with van der Waals surface area (Å²) in [6, 6.07) is 5.29. The maximum atomic E-state index is 12.0. The van der Waals surface area contributed by atoms with Gasteiger partial charge in [0.25, 0.3) is 0 Å². The quantitative estimate of drug-likeness (QED) is 0.907. The van der Waals surface area contributed by atoms with Crippen LogP contribution in [0, 0.1) is 5.92 Å². The van der Waals surface area contributed by atoms with Gasteiger partial charge in [0, 0.05) is 16.1 Å². The summed E-state index contributed by atoms with van der Waals surface area (Å²) in [6.45, 7) is 1.27. The number of hydrogen-bond donors (Lipinski definition) is 1. The summed E-state index contributed by atoms with van der Waals surface area (Å²) in [4.78, 5) is 12.0. The predicted octanol–water partition coefficient (Wildman–Crippen LogP) is 3.47. The molecule has 2 rings (SSSR count). The number of rotatable bonds is 2. The summed E-state index contributed by atoms with van der Waals surface area (Å²) in [5, 5.41) is 3.52. The van der Waals surface area contributed by atoms with E-state index in [2.05, 4.69) is 21.2 Å². The van der Waals surface area contributed by atoms with Crippen molar-refractivity contribution in [1.82, 2.24) is 0 Å². The Kier molecular flexibility index (Phi) is 4.42. The Morgan fingerprint density at radius 3 is 3.00 bits per heavy atom. The third kappa shape index (κ3) is 3.44. The standard InChI is InChI=1S/C12H13BrClNO2/c13-10-6-9(14)3-4-11(10)15-12(16)8-2-1-5-17-7-8/h3-4,6,8H,1-2,5,7H2,(H,15,16). The third-order valence-electron chi connectivity index (χ3n) is 2.72. The van der Waals surface area contributed by atoms with E-state index >= 15 is 0 Å². The van der Waals surface area contributed by atoms with Crippen LogP contribution in [0.4, 0.5) is 5.69 Å². The first-order valence-electron chi connectivity index (χ1n) is 5.50. The van der Waals surface area contributed by atoms with Crippen molar-refractivity contribution in [2.45, 2.75) is 12.8 Å². The van der Waals surface area contributed by atoms with Crippen LogP contribution < -0.4 is 5.32 Å². The van der Waals surface area contributed by atoms with Crippen molar-refractivity contribution >= 4 is 39.1 Å². The van der Waals surface area contributed by atoms with Gasteiger partial charge in [0.1, 0.15) is 0 Å². The topological polar surface area (TPSA) is 38.3 Å². The third-order valence-corrected chi connectivity index (χ3v) is 3.61. The first-order valence-corrected chi connectivity index (χ1v) is 6.67. The van der Waals surface area contributed by atoms with E-state index in [9.17, 15) is 4.79 Å². The van der Waals surface area contributed by atoms with Gasteiger partial charge in [-0.2, -0.15) is 0 Å². The Balaban J connectivity index is 2.02. The summed E-state index contributed by atoms with van der Waals surface area (Å²) in [5.41, 5.74) is 0.741. The molecule has 1 aromatic rings. The average Bonchev–Trinajstić information content (AvgIpc) is 2.34. The normalized spacial score (nSPS) is 20.0. The lowest BCUT2D eigenvalue weighted by Crippen LogP contribution is -2.30. The molecule has 1 atom stereocenters. The van der Waals surface area contributed by atoms with Crippen LogP contribution in [-0.4, -0.2) is 19.1 Å². The van der Waals surface area contributed by atoms with Crippen molar-refractivity contribution in [3.63, 3.8) is 0 Å². The zero-order valence-corrected chi connectivity index (χ0v) is 11.6. The highest BCUT2D eigenvalue weighted by Crippen LogP contribution is 2.27. The number of carbonyl (C=O) groups excluding carboxylic acids is 1. The highest BCUT2D eigenvalue weighted by Gasteiger charge is 2.22. The number of nitrogens with one attached hydrogen (secondary N) is 1. The van der Waals surface area contributed by atoms with E-state index in [1.807, 2.05) is 0 Å². The van der Waals surface area contributed by atoms with Crippen LogP contribution in [0.3, 0.4) is 0 Å². The molecule has 92 valence electrons. The number of amides is 1. The number of ether oxygens (including phenoxy) is 1. The molecule has 0 spiro atoms. The number of benzene rings is 1. The predicted molar refractivity (Wildman–Crippen MR) is 71.3 cm³/mol. The van der Waals surface area contributed by atoms with Gasteiger partial charge in [-0.3, -0.25) is 4.79 Å². The Morgan fingerprint density at radius 1 is 1.53 bits per heavy atom. The van der Waals surface area contributed by atoms with Gasteiger partial charge in [-0.15, -0.1) is 0 Å². The van der Waals surface area contributed by atoms with Gasteiger partial charge in [0.2, 0.25) is 5.91 Å². The molecule has 0 aromatic heterocycles. The fraction of sp³-hybridized carbons (Fsp3) is 0.417. The van der Waals surface area contributed by atoms with Crippen LogP contribution in [0.1, 0.15) is 12.8 Å². The van der Waals surface area contributed by atoms with Crippen molar-refractivity contribution in [3.05, 3.63) is 27.7 Å². The van der Waals surface area contributed by atoms with Gasteiger partial charge < -0.3 is 10.1 Å². The van der Waals surface area contributed by atoms with Gasteiger partial charge in [0.05, 0.1) is 18.2 Å². The smallest absolute Gasteiger partial charge is 0.229 e. The monoisotopic (exact) mass is 317 g/mol. The zero-order valence-electron chi connectivity index (χ0n) is 9.21. The van der Waals surface area contributed by atoms with Crippen LogP contribution in [0.2, 0.25) is 5.02 Å². The number of carbonyl (C=O) groups is 1. The van der Waals surface area contributed by atoms with Gasteiger partial charge >= 0.3 is 0 Å². The molecule has 1 unspecified atom stereocenters. The Hall–Kier alpha value is -0.580. The molecule has 1 saturated heterocycles. The fourth-order valence-corrected chi connectivity index (χ4v) is 2.55. The first-order chi connectivity index (χ1) is 8.16. The maximum absolute atomic E-state index is 12.0. The molecule has 3 nitrogen and oxygen atoms in total. The lowest BCUT2D eigenvalue weighted by atomic mass is 10.0. The molecule has 1 aliphatic rings. The van der Waals surface area contributed by atoms with Crippen LogP contribution >= 0.6 is 27.5 Å². The van der Waals surface area contributed by atoms with Crippen LogP contribution in [0.5, 0.6) is 0 Å². The van der Waals surface area contributed by atoms with Gasteiger partial charge in [-0.25, -0.2) is 0 Å². The second-order valence-corrected chi connectivity index (χ2v) is 5.32. The van der Waals surface area contributed by atoms with E-state index in [-0.39, 0.29) is 11.8 Å². The van der Waals surface area contributed by atoms with Crippen molar-refractivity contribution in [2.75, 3.05) is 18.5 Å². The van der Waals surface area contributed by atoms with Crippen molar-refractivity contribution in [1.29, 1.82) is 0 Å². The van der Waals surface area contributed by atoms with Gasteiger partial charge in [-0.05, 0) is 47.0 Å². The molecule has 0 bridgehead atoms. The van der Waals surface area contributed by atoms with Crippen LogP contribution in [0.15, 0.2) is 22.7 Å². The van der Waals surface area contributed by atoms with Gasteiger partial charge in [0.15, 0.2) is 0 Å². The molecular weight excluding hydrogens is 305 g/mol. The molecule has 1 fully saturated rings. The summed E-state index contributed by atoms with van der Waals surface area (Å²) in [5.74, 6) is -0.0425. The van der Waals surface area contributed by atoms with Crippen LogP contribution in [-0.2, 0) is 9.53 Å². The Bertz CT molecular complexity index is 419. The zero-order chi connectivity index (χ0) is 12.3. The van der Waals surface area contributed by atoms with E-state index in [4.69, 9.17) is 16.3 Å². The molecule has 1 aromatic carbocycles. The molecule has 1 aliphatic heterocycles. The minimum atomic E-state index is -0.0497. The maximum Gasteiger partial charge on any atom is 0.229 e. The summed E-state index contributed by atoms with van der Waals surface area (Å²) in [6.07, 6.45) is 1.83. The van der Waals surface area contributed by atoms with E-state index in [1.165, 1.54) is 0 Å². The number of anilines is 1. The van der Waals surface area contributed by atoms with Crippen molar-refractivity contribution < 1.29 is 9.53 Å². The molecular formula is C12H13BrClNO2. The average molecular weight is 319 g/mol. The lowest BCUT2D eigenvalue weighted by Gasteiger charge is -2.21. The van der Waals surface area contributed by atoms with E-state index in [0.717, 1.165) is 29.6 Å². The molecule has 1 N–H and O–H groups in total. The second kappa shape index (κ2) is 5.85. The van der Waals surface area contributed by atoms with Crippen molar-refractivity contribution in [2.24, 2.45) is 5.92 Å². The molecule has 0 radical (unpaired) electrons. The number of halogens is 2. The van der Waals surface area contributed by atoms with Crippen molar-refractivity contribution in [3.8, 4) is 0 Å². The molecule has 17 heavy (non-hydrogen) atoms. The minimum Gasteiger partial charge on any atom is -0.381 e. The fourth-order valence-electron chi connectivity index (χ4n) is 1.77. The lowest BCUT2D eigenvalue weighted by molar-refractivity contribution is -0.123. The summed E-state index contributed by atoms with van der Waals surface area (Å²) in [7, 11) is 0. The Morgan fingerprint density at radius 2 is 2.35 bits per heavy atom.